The zero-order valence-electron chi connectivity index (χ0n) is 8.74. The molecule has 0 aliphatic heterocycles. The van der Waals surface area contributed by atoms with Gasteiger partial charge >= 0.3 is 0 Å². The van der Waals surface area contributed by atoms with E-state index < -0.39 is 11.6 Å². The first-order chi connectivity index (χ1) is 7.74. The van der Waals surface area contributed by atoms with Crippen molar-refractivity contribution in [2.75, 3.05) is 0 Å². The summed E-state index contributed by atoms with van der Waals surface area (Å²) in [6.07, 6.45) is 4.18. The van der Waals surface area contributed by atoms with E-state index >= 15 is 0 Å². The second-order valence-electron chi connectivity index (χ2n) is 3.34. The first-order valence-corrected chi connectivity index (χ1v) is 4.97. The van der Waals surface area contributed by atoms with Crippen molar-refractivity contribution in [3.63, 3.8) is 0 Å². The van der Waals surface area contributed by atoms with Crippen LogP contribution in [0.15, 0.2) is 30.7 Å². The fourth-order valence-electron chi connectivity index (χ4n) is 1.59. The first-order valence-electron chi connectivity index (χ1n) is 4.97. The molecule has 0 saturated heterocycles. The fraction of sp³-hybridized carbons (Fsp3) is 0.167. The molecule has 4 heteroatoms. The van der Waals surface area contributed by atoms with Crippen LogP contribution < -0.4 is 0 Å². The van der Waals surface area contributed by atoms with Crippen LogP contribution in [0.1, 0.15) is 12.5 Å². The molecular formula is C12H10F2N2. The van der Waals surface area contributed by atoms with E-state index in [0.717, 1.165) is 18.0 Å². The van der Waals surface area contributed by atoms with Crippen molar-refractivity contribution >= 4 is 0 Å². The third kappa shape index (κ3) is 1.78. The van der Waals surface area contributed by atoms with E-state index in [1.807, 2.05) is 13.0 Å². The van der Waals surface area contributed by atoms with Crippen LogP contribution in [0.3, 0.4) is 0 Å². The summed E-state index contributed by atoms with van der Waals surface area (Å²) < 4.78 is 27.0. The van der Waals surface area contributed by atoms with Crippen molar-refractivity contribution < 1.29 is 8.78 Å². The highest BCUT2D eigenvalue weighted by Gasteiger charge is 2.15. The van der Waals surface area contributed by atoms with Crippen molar-refractivity contribution in [2.24, 2.45) is 0 Å². The SMILES string of the molecule is CCc1cccnc1-c1c(F)cncc1F. The molecule has 2 heterocycles. The molecule has 2 rings (SSSR count). The Labute approximate surface area is 92.0 Å². The van der Waals surface area contributed by atoms with Gasteiger partial charge in [-0.15, -0.1) is 0 Å². The summed E-state index contributed by atoms with van der Waals surface area (Å²) in [4.78, 5) is 7.48. The largest absolute Gasteiger partial charge is 0.259 e. The molecule has 0 radical (unpaired) electrons. The normalized spacial score (nSPS) is 10.4. The van der Waals surface area contributed by atoms with Gasteiger partial charge in [-0.3, -0.25) is 9.97 Å². The van der Waals surface area contributed by atoms with Crippen LogP contribution in [0.5, 0.6) is 0 Å². The Kier molecular flexibility index (Phi) is 2.90. The Hall–Kier alpha value is -1.84. The quantitative estimate of drug-likeness (QED) is 0.777. The van der Waals surface area contributed by atoms with Crippen molar-refractivity contribution in [1.82, 2.24) is 9.97 Å². The number of halogens is 2. The number of hydrogen-bond acceptors (Lipinski definition) is 2. The Morgan fingerprint density at radius 3 is 2.50 bits per heavy atom. The molecule has 0 aromatic carbocycles. The molecule has 0 aliphatic rings. The summed E-state index contributed by atoms with van der Waals surface area (Å²) in [5.74, 6) is -1.37. The topological polar surface area (TPSA) is 25.8 Å². The van der Waals surface area contributed by atoms with Crippen molar-refractivity contribution in [1.29, 1.82) is 0 Å². The highest BCUT2D eigenvalue weighted by molar-refractivity contribution is 5.63. The number of aromatic nitrogens is 2. The minimum Gasteiger partial charge on any atom is -0.259 e. The van der Waals surface area contributed by atoms with E-state index in [1.165, 1.54) is 6.20 Å². The van der Waals surface area contributed by atoms with E-state index in [1.54, 1.807) is 6.07 Å². The summed E-state index contributed by atoms with van der Waals surface area (Å²) in [5, 5.41) is 0. The lowest BCUT2D eigenvalue weighted by atomic mass is 10.0. The van der Waals surface area contributed by atoms with Crippen molar-refractivity contribution in [3.05, 3.63) is 47.9 Å². The van der Waals surface area contributed by atoms with Gasteiger partial charge in [-0.2, -0.15) is 0 Å². The molecule has 0 saturated carbocycles. The first kappa shape index (κ1) is 10.7. The van der Waals surface area contributed by atoms with Crippen molar-refractivity contribution in [3.8, 4) is 11.3 Å². The zero-order valence-corrected chi connectivity index (χ0v) is 8.74. The van der Waals surface area contributed by atoms with Crippen LogP contribution in [0.4, 0.5) is 8.78 Å². The third-order valence-corrected chi connectivity index (χ3v) is 2.36. The lowest BCUT2D eigenvalue weighted by Gasteiger charge is -2.07. The van der Waals surface area contributed by atoms with Gasteiger partial charge in [-0.25, -0.2) is 8.78 Å². The second kappa shape index (κ2) is 4.35. The summed E-state index contributed by atoms with van der Waals surface area (Å²) in [6.45, 7) is 1.91. The highest BCUT2D eigenvalue weighted by atomic mass is 19.1. The molecule has 0 aliphatic carbocycles. The maximum absolute atomic E-state index is 13.5. The fourth-order valence-corrected chi connectivity index (χ4v) is 1.59. The second-order valence-corrected chi connectivity index (χ2v) is 3.34. The highest BCUT2D eigenvalue weighted by Crippen LogP contribution is 2.26. The molecule has 2 nitrogen and oxygen atoms in total. The molecular weight excluding hydrogens is 210 g/mol. The number of rotatable bonds is 2. The molecule has 2 aromatic heterocycles. The van der Waals surface area contributed by atoms with Gasteiger partial charge in [0.2, 0.25) is 0 Å². The standard InChI is InChI=1S/C12H10F2N2/c1-2-8-4-3-5-16-12(8)11-9(13)6-15-7-10(11)14/h3-7H,2H2,1H3. The summed E-state index contributed by atoms with van der Waals surface area (Å²) in [7, 11) is 0. The molecule has 0 spiro atoms. The van der Waals surface area contributed by atoms with E-state index in [0.29, 0.717) is 12.1 Å². The maximum atomic E-state index is 13.5. The third-order valence-electron chi connectivity index (χ3n) is 2.36. The van der Waals surface area contributed by atoms with Crippen molar-refractivity contribution in [2.45, 2.75) is 13.3 Å². The van der Waals surface area contributed by atoms with Crippen LogP contribution in [-0.2, 0) is 6.42 Å². The lowest BCUT2D eigenvalue weighted by molar-refractivity contribution is 0.578. The molecule has 0 unspecified atom stereocenters. The van der Waals surface area contributed by atoms with Gasteiger partial charge in [-0.05, 0) is 18.1 Å². The Morgan fingerprint density at radius 2 is 1.88 bits per heavy atom. The Balaban J connectivity index is 2.67. The smallest absolute Gasteiger partial charge is 0.153 e. The molecule has 0 fully saturated rings. The number of hydrogen-bond donors (Lipinski definition) is 0. The summed E-state index contributed by atoms with van der Waals surface area (Å²) in [6, 6.07) is 3.56. The van der Waals surface area contributed by atoms with E-state index in [4.69, 9.17) is 0 Å². The van der Waals surface area contributed by atoms with E-state index in [9.17, 15) is 8.78 Å². The number of pyridine rings is 2. The maximum Gasteiger partial charge on any atom is 0.153 e. The van der Waals surface area contributed by atoms with Gasteiger partial charge in [0.05, 0.1) is 23.7 Å². The van der Waals surface area contributed by atoms with Gasteiger partial charge in [0.25, 0.3) is 0 Å². The average molecular weight is 220 g/mol. The predicted octanol–water partition coefficient (Wildman–Crippen LogP) is 2.98. The summed E-state index contributed by atoms with van der Waals surface area (Å²) in [5.41, 5.74) is 1.06. The zero-order chi connectivity index (χ0) is 11.5. The average Bonchev–Trinajstić information content (AvgIpc) is 2.29. The van der Waals surface area contributed by atoms with E-state index in [-0.39, 0.29) is 5.56 Å². The number of nitrogens with zero attached hydrogens (tertiary/aromatic N) is 2. The van der Waals surface area contributed by atoms with E-state index in [2.05, 4.69) is 9.97 Å². The monoisotopic (exact) mass is 220 g/mol. The van der Waals surface area contributed by atoms with Crippen LogP contribution in [0.2, 0.25) is 0 Å². The van der Waals surface area contributed by atoms with Gasteiger partial charge < -0.3 is 0 Å². The minimum absolute atomic E-state index is 0.104. The predicted molar refractivity (Wildman–Crippen MR) is 56.8 cm³/mol. The lowest BCUT2D eigenvalue weighted by Crippen LogP contribution is -1.97. The van der Waals surface area contributed by atoms with Gasteiger partial charge in [0, 0.05) is 6.20 Å². The molecule has 0 amide bonds. The minimum atomic E-state index is -0.687. The Bertz CT molecular complexity index is 492. The van der Waals surface area contributed by atoms with Crippen LogP contribution >= 0.6 is 0 Å². The molecule has 0 bridgehead atoms. The van der Waals surface area contributed by atoms with Gasteiger partial charge in [-0.1, -0.05) is 13.0 Å². The molecule has 82 valence electrons. The Morgan fingerprint density at radius 1 is 1.19 bits per heavy atom. The van der Waals surface area contributed by atoms with Gasteiger partial charge in [0.1, 0.15) is 0 Å². The summed E-state index contributed by atoms with van der Waals surface area (Å²) >= 11 is 0. The number of aryl methyl sites for hydroxylation is 1. The molecule has 16 heavy (non-hydrogen) atoms. The van der Waals surface area contributed by atoms with Crippen LogP contribution in [0, 0.1) is 11.6 Å². The van der Waals surface area contributed by atoms with Crippen LogP contribution in [-0.4, -0.2) is 9.97 Å². The van der Waals surface area contributed by atoms with Crippen LogP contribution in [0.25, 0.3) is 11.3 Å². The molecule has 2 aromatic rings. The molecule has 0 atom stereocenters. The van der Waals surface area contributed by atoms with Gasteiger partial charge in [0.15, 0.2) is 11.6 Å². The molecule has 0 N–H and O–H groups in total.